The second kappa shape index (κ2) is 8.17. The average Bonchev–Trinajstić information content (AvgIpc) is 3.13. The van der Waals surface area contributed by atoms with Crippen molar-refractivity contribution in [2.24, 2.45) is 5.92 Å². The third-order valence-electron chi connectivity index (χ3n) is 5.96. The Kier molecular flexibility index (Phi) is 5.85. The molecule has 2 aliphatic rings. The quantitative estimate of drug-likeness (QED) is 0.586. The van der Waals surface area contributed by atoms with Gasteiger partial charge in [0, 0.05) is 38.0 Å². The molecule has 0 unspecified atom stereocenters. The van der Waals surface area contributed by atoms with Gasteiger partial charge in [-0.25, -0.2) is 14.2 Å². The third-order valence-corrected chi connectivity index (χ3v) is 7.17. The number of hydrogen-bond donors (Lipinski definition) is 0. The van der Waals surface area contributed by atoms with Crippen LogP contribution in [0.15, 0.2) is 24.3 Å². The molecule has 3 heterocycles. The van der Waals surface area contributed by atoms with Crippen molar-refractivity contribution in [1.29, 1.82) is 0 Å². The van der Waals surface area contributed by atoms with Gasteiger partial charge >= 0.3 is 6.09 Å². The largest absolute Gasteiger partial charge is 0.443 e. The maximum absolute atomic E-state index is 15.6. The summed E-state index contributed by atoms with van der Waals surface area (Å²) in [5.74, 6) is 0.363. The van der Waals surface area contributed by atoms with Crippen LogP contribution in [0, 0.1) is 5.92 Å². The third kappa shape index (κ3) is 4.77. The minimum Gasteiger partial charge on any atom is -0.443 e. The number of halogens is 1. The Bertz CT molecular complexity index is 1000. The van der Waals surface area contributed by atoms with Gasteiger partial charge in [-0.3, -0.25) is 4.90 Å². The van der Waals surface area contributed by atoms with Gasteiger partial charge in [0.15, 0.2) is 5.67 Å². The lowest BCUT2D eigenvalue weighted by Gasteiger charge is -2.33. The van der Waals surface area contributed by atoms with Crippen molar-refractivity contribution < 1.29 is 13.9 Å². The Labute approximate surface area is 187 Å². The molecular formula is C24H32FN3O2S. The number of piperidine rings is 1. The molecule has 0 spiro atoms. The summed E-state index contributed by atoms with van der Waals surface area (Å²) < 4.78 is 22.2. The molecule has 5 nitrogen and oxygen atoms in total. The van der Waals surface area contributed by atoms with Crippen LogP contribution in [0.5, 0.6) is 0 Å². The highest BCUT2D eigenvalue weighted by Crippen LogP contribution is 2.41. The predicted octanol–water partition coefficient (Wildman–Crippen LogP) is 5.80. The molecule has 0 aliphatic carbocycles. The van der Waals surface area contributed by atoms with Crippen molar-refractivity contribution in [3.63, 3.8) is 0 Å². The van der Waals surface area contributed by atoms with E-state index >= 15 is 4.39 Å². The average molecular weight is 446 g/mol. The first-order chi connectivity index (χ1) is 14.5. The van der Waals surface area contributed by atoms with Crippen molar-refractivity contribution in [2.45, 2.75) is 58.2 Å². The van der Waals surface area contributed by atoms with Crippen LogP contribution in [-0.2, 0) is 10.4 Å². The van der Waals surface area contributed by atoms with Crippen molar-refractivity contribution in [3.8, 4) is 0 Å². The first kappa shape index (κ1) is 22.2. The van der Waals surface area contributed by atoms with Crippen molar-refractivity contribution in [2.75, 3.05) is 26.7 Å². The molecule has 1 aromatic heterocycles. The minimum absolute atomic E-state index is 0.335. The number of carbonyl (C=O) groups is 1. The molecule has 2 aliphatic heterocycles. The van der Waals surface area contributed by atoms with Crippen molar-refractivity contribution in [1.82, 2.24) is 14.8 Å². The summed E-state index contributed by atoms with van der Waals surface area (Å²) in [6, 6.07) is 5.98. The van der Waals surface area contributed by atoms with E-state index in [0.29, 0.717) is 30.3 Å². The summed E-state index contributed by atoms with van der Waals surface area (Å²) in [6.07, 6.45) is 3.62. The van der Waals surface area contributed by atoms with E-state index in [1.807, 2.05) is 46.0 Å². The molecule has 0 bridgehead atoms. The van der Waals surface area contributed by atoms with E-state index in [1.54, 1.807) is 4.90 Å². The van der Waals surface area contributed by atoms with Gasteiger partial charge in [-0.15, -0.1) is 11.3 Å². The molecule has 1 fully saturated rings. The Morgan fingerprint density at radius 3 is 2.68 bits per heavy atom. The van der Waals surface area contributed by atoms with Gasteiger partial charge in [0.2, 0.25) is 0 Å². The van der Waals surface area contributed by atoms with Crippen LogP contribution in [0.2, 0.25) is 0 Å². The smallest absolute Gasteiger partial charge is 0.414 e. The lowest BCUT2D eigenvalue weighted by atomic mass is 9.94. The molecular weight excluding hydrogens is 413 g/mol. The molecule has 1 atom stereocenters. The first-order valence-electron chi connectivity index (χ1n) is 11.0. The maximum atomic E-state index is 15.6. The SMILES string of the molecule is C[C@H]1CC=C(c2ccc3sc(C4(F)CCN(C)CC4)nc3c2)N(C(=O)OC(C)(C)C)C1. The fourth-order valence-corrected chi connectivity index (χ4v) is 5.22. The van der Waals surface area contributed by atoms with Crippen molar-refractivity contribution in [3.05, 3.63) is 34.8 Å². The van der Waals surface area contributed by atoms with Crippen LogP contribution < -0.4 is 0 Å². The van der Waals surface area contributed by atoms with E-state index in [0.717, 1.165) is 41.0 Å². The molecule has 0 radical (unpaired) electrons. The molecule has 31 heavy (non-hydrogen) atoms. The predicted molar refractivity (Wildman–Crippen MR) is 124 cm³/mol. The molecule has 0 saturated carbocycles. The second-order valence-corrected chi connectivity index (χ2v) is 11.0. The summed E-state index contributed by atoms with van der Waals surface area (Å²) in [4.78, 5) is 21.5. The van der Waals surface area contributed by atoms with Crippen molar-refractivity contribution >= 4 is 33.3 Å². The number of rotatable bonds is 2. The number of fused-ring (bicyclic) bond motifs is 1. The number of alkyl halides is 1. The number of amides is 1. The fraction of sp³-hybridized carbons (Fsp3) is 0.583. The molecule has 1 amide bonds. The van der Waals surface area contributed by atoms with Gasteiger partial charge in [-0.2, -0.15) is 0 Å². The Hall–Kier alpha value is -1.99. The normalized spacial score (nSPS) is 22.5. The van der Waals surface area contributed by atoms with Gasteiger partial charge in [0.25, 0.3) is 0 Å². The Morgan fingerprint density at radius 1 is 1.29 bits per heavy atom. The Morgan fingerprint density at radius 2 is 2.00 bits per heavy atom. The van der Waals surface area contributed by atoms with Crippen LogP contribution in [0.3, 0.4) is 0 Å². The Balaban J connectivity index is 1.64. The van der Waals surface area contributed by atoms with Crippen LogP contribution in [0.25, 0.3) is 15.9 Å². The molecule has 7 heteroatoms. The van der Waals surface area contributed by atoms with Crippen LogP contribution in [-0.4, -0.2) is 53.2 Å². The van der Waals surface area contributed by atoms with E-state index in [4.69, 9.17) is 9.72 Å². The lowest BCUT2D eigenvalue weighted by Crippen LogP contribution is -2.39. The zero-order chi connectivity index (χ0) is 22.4. The molecule has 1 saturated heterocycles. The zero-order valence-corrected chi connectivity index (χ0v) is 19.9. The number of benzene rings is 1. The number of thiazole rings is 1. The van der Waals surface area contributed by atoms with E-state index in [-0.39, 0.29) is 6.09 Å². The molecule has 2 aromatic rings. The highest BCUT2D eigenvalue weighted by Gasteiger charge is 2.38. The van der Waals surface area contributed by atoms with Gasteiger partial charge in [-0.05, 0) is 52.3 Å². The summed E-state index contributed by atoms with van der Waals surface area (Å²) in [6.45, 7) is 9.85. The standard InChI is InChI=1S/C24H32FN3O2S/c1-16-6-8-19(28(15-16)22(29)30-23(2,3)4)17-7-9-20-18(14-17)26-21(31-20)24(25)10-12-27(5)13-11-24/h7-9,14,16H,6,10-13,15H2,1-5H3/t16-/m0/s1. The monoisotopic (exact) mass is 445 g/mol. The van der Waals surface area contributed by atoms with E-state index in [2.05, 4.69) is 17.9 Å². The van der Waals surface area contributed by atoms with Crippen LogP contribution in [0.1, 0.15) is 57.5 Å². The molecule has 1 aromatic carbocycles. The summed E-state index contributed by atoms with van der Waals surface area (Å²) in [5.41, 5.74) is 0.645. The maximum Gasteiger partial charge on any atom is 0.414 e. The summed E-state index contributed by atoms with van der Waals surface area (Å²) >= 11 is 1.45. The van der Waals surface area contributed by atoms with Gasteiger partial charge in [0.05, 0.1) is 15.9 Å². The highest BCUT2D eigenvalue weighted by molar-refractivity contribution is 7.18. The summed E-state index contributed by atoms with van der Waals surface area (Å²) in [5, 5.41) is 0.572. The molecule has 0 N–H and O–H groups in total. The van der Waals surface area contributed by atoms with E-state index < -0.39 is 11.3 Å². The van der Waals surface area contributed by atoms with E-state index in [1.165, 1.54) is 11.3 Å². The number of ether oxygens (including phenoxy) is 1. The number of aromatic nitrogens is 1. The second-order valence-electron chi connectivity index (χ2n) is 9.99. The van der Waals surface area contributed by atoms with Crippen LogP contribution in [0.4, 0.5) is 9.18 Å². The van der Waals surface area contributed by atoms with Gasteiger partial charge in [0.1, 0.15) is 10.6 Å². The van der Waals surface area contributed by atoms with E-state index in [9.17, 15) is 4.79 Å². The number of hydrogen-bond acceptors (Lipinski definition) is 5. The fourth-order valence-electron chi connectivity index (χ4n) is 4.14. The first-order valence-corrected chi connectivity index (χ1v) is 11.9. The topological polar surface area (TPSA) is 45.7 Å². The van der Waals surface area contributed by atoms with Gasteiger partial charge in [-0.1, -0.05) is 19.1 Å². The molecule has 168 valence electrons. The minimum atomic E-state index is -1.35. The number of nitrogens with zero attached hydrogens (tertiary/aromatic N) is 3. The van der Waals surface area contributed by atoms with Gasteiger partial charge < -0.3 is 9.64 Å². The zero-order valence-electron chi connectivity index (χ0n) is 19.1. The highest BCUT2D eigenvalue weighted by atomic mass is 32.1. The molecule has 4 rings (SSSR count). The number of allylic oxidation sites excluding steroid dienone is 1. The summed E-state index contributed by atoms with van der Waals surface area (Å²) in [7, 11) is 2.03. The lowest BCUT2D eigenvalue weighted by molar-refractivity contribution is 0.0327. The van der Waals surface area contributed by atoms with Crippen LogP contribution >= 0.6 is 11.3 Å². The number of carbonyl (C=O) groups excluding carboxylic acids is 1. The number of likely N-dealkylation sites (tertiary alicyclic amines) is 1.